The van der Waals surface area contributed by atoms with E-state index in [-0.39, 0.29) is 5.92 Å². The summed E-state index contributed by atoms with van der Waals surface area (Å²) in [7, 11) is 0. The van der Waals surface area contributed by atoms with Crippen molar-refractivity contribution in [2.45, 2.75) is 25.7 Å². The summed E-state index contributed by atoms with van der Waals surface area (Å²) in [6, 6.07) is 9.73. The van der Waals surface area contributed by atoms with Crippen LogP contribution in [0.1, 0.15) is 42.4 Å². The number of benzene rings is 1. The molecule has 1 aromatic heterocycles. The predicted molar refractivity (Wildman–Crippen MR) is 87.8 cm³/mol. The van der Waals surface area contributed by atoms with Crippen LogP contribution >= 0.6 is 11.6 Å². The molecule has 1 atom stereocenters. The highest BCUT2D eigenvalue weighted by Crippen LogP contribution is 2.44. The SMILES string of the molecule is CCCC1=C(C#N)C(c2cccc(C#N)c2Cl)c2cn[nH]c2N1. The van der Waals surface area contributed by atoms with Gasteiger partial charge in [0, 0.05) is 11.3 Å². The summed E-state index contributed by atoms with van der Waals surface area (Å²) in [6.45, 7) is 2.06. The van der Waals surface area contributed by atoms with Gasteiger partial charge in [0.2, 0.25) is 0 Å². The molecule has 2 N–H and O–H groups in total. The fraction of sp³-hybridized carbons (Fsp3) is 0.235. The van der Waals surface area contributed by atoms with E-state index in [4.69, 9.17) is 11.6 Å². The molecule has 2 heterocycles. The van der Waals surface area contributed by atoms with E-state index < -0.39 is 0 Å². The fourth-order valence-corrected chi connectivity index (χ4v) is 3.20. The molecule has 6 heteroatoms. The lowest BCUT2D eigenvalue weighted by Crippen LogP contribution is -2.18. The molecule has 0 bridgehead atoms. The quantitative estimate of drug-likeness (QED) is 0.891. The number of hydrogen-bond acceptors (Lipinski definition) is 4. The van der Waals surface area contributed by atoms with Gasteiger partial charge in [0.1, 0.15) is 11.9 Å². The number of hydrogen-bond donors (Lipinski definition) is 2. The van der Waals surface area contributed by atoms with Gasteiger partial charge < -0.3 is 5.32 Å². The van der Waals surface area contributed by atoms with Crippen molar-refractivity contribution in [2.24, 2.45) is 0 Å². The molecule has 1 unspecified atom stereocenters. The minimum Gasteiger partial charge on any atom is -0.343 e. The molecule has 0 saturated heterocycles. The van der Waals surface area contributed by atoms with Crippen molar-refractivity contribution in [3.63, 3.8) is 0 Å². The standard InChI is InChI=1S/C17H14ClN5/c1-2-4-14-12(8-20)15(13-9-21-23-17(13)22-14)11-6-3-5-10(7-19)16(11)18/h3,5-6,9,15H,2,4H2,1H3,(H2,21,22,23). The lowest BCUT2D eigenvalue weighted by Gasteiger charge is -2.27. The third kappa shape index (κ3) is 2.46. The highest BCUT2D eigenvalue weighted by atomic mass is 35.5. The Morgan fingerprint density at radius 1 is 1.26 bits per heavy atom. The van der Waals surface area contributed by atoms with Gasteiger partial charge in [0.05, 0.1) is 34.3 Å². The average molecular weight is 324 g/mol. The Balaban J connectivity index is 2.24. The number of nitrogens with zero attached hydrogens (tertiary/aromatic N) is 3. The highest BCUT2D eigenvalue weighted by Gasteiger charge is 2.32. The molecular formula is C17H14ClN5. The molecule has 0 fully saturated rings. The number of anilines is 1. The number of allylic oxidation sites excluding steroid dienone is 2. The number of H-pyrrole nitrogens is 1. The van der Waals surface area contributed by atoms with Gasteiger partial charge in [0.15, 0.2) is 0 Å². The number of aromatic amines is 1. The fourth-order valence-electron chi connectivity index (χ4n) is 2.92. The molecule has 23 heavy (non-hydrogen) atoms. The summed E-state index contributed by atoms with van der Waals surface area (Å²) < 4.78 is 0. The Morgan fingerprint density at radius 2 is 2.09 bits per heavy atom. The summed E-state index contributed by atoms with van der Waals surface area (Å²) in [5.74, 6) is 0.452. The van der Waals surface area contributed by atoms with Crippen molar-refractivity contribution in [1.82, 2.24) is 10.2 Å². The molecule has 1 aliphatic rings. The van der Waals surface area contributed by atoms with Crippen molar-refractivity contribution in [3.05, 3.63) is 57.4 Å². The minimum atomic E-state index is -0.322. The molecule has 0 aliphatic carbocycles. The Labute approximate surface area is 139 Å². The topological polar surface area (TPSA) is 88.3 Å². The summed E-state index contributed by atoms with van der Waals surface area (Å²) in [5.41, 5.74) is 3.51. The van der Waals surface area contributed by atoms with E-state index in [1.54, 1.807) is 18.3 Å². The van der Waals surface area contributed by atoms with E-state index in [1.807, 2.05) is 6.07 Å². The Hall–Kier alpha value is -2.76. The molecule has 0 spiro atoms. The average Bonchev–Trinajstić information content (AvgIpc) is 3.02. The number of aromatic nitrogens is 2. The number of nitrogens with one attached hydrogen (secondary N) is 2. The first-order valence-electron chi connectivity index (χ1n) is 7.33. The first-order valence-corrected chi connectivity index (χ1v) is 7.71. The summed E-state index contributed by atoms with van der Waals surface area (Å²) >= 11 is 6.42. The maximum Gasteiger partial charge on any atom is 0.129 e. The van der Waals surface area contributed by atoms with Crippen molar-refractivity contribution < 1.29 is 0 Å². The number of nitriles is 2. The first-order chi connectivity index (χ1) is 11.2. The van der Waals surface area contributed by atoms with Crippen LogP contribution < -0.4 is 5.32 Å². The molecule has 0 saturated carbocycles. The summed E-state index contributed by atoms with van der Waals surface area (Å²) in [5, 5.41) is 29.6. The zero-order valence-electron chi connectivity index (χ0n) is 12.5. The van der Waals surface area contributed by atoms with Crippen molar-refractivity contribution in [3.8, 4) is 12.1 Å². The van der Waals surface area contributed by atoms with Crippen LogP contribution in [0.3, 0.4) is 0 Å². The molecule has 0 amide bonds. The molecule has 114 valence electrons. The summed E-state index contributed by atoms with van der Waals surface area (Å²) in [6.07, 6.45) is 3.37. The molecule has 1 aliphatic heterocycles. The van der Waals surface area contributed by atoms with E-state index in [9.17, 15) is 10.5 Å². The molecule has 0 radical (unpaired) electrons. The van der Waals surface area contributed by atoms with Crippen LogP contribution in [0.4, 0.5) is 5.82 Å². The Bertz CT molecular complexity index is 866. The van der Waals surface area contributed by atoms with Gasteiger partial charge >= 0.3 is 0 Å². The van der Waals surface area contributed by atoms with Crippen LogP contribution in [-0.4, -0.2) is 10.2 Å². The Kier molecular flexibility index (Phi) is 4.06. The molecule has 5 nitrogen and oxygen atoms in total. The number of halogens is 1. The third-order valence-corrected chi connectivity index (χ3v) is 4.37. The van der Waals surface area contributed by atoms with Gasteiger partial charge in [-0.3, -0.25) is 5.10 Å². The normalized spacial score (nSPS) is 16.3. The minimum absolute atomic E-state index is 0.322. The van der Waals surface area contributed by atoms with E-state index in [1.165, 1.54) is 0 Å². The van der Waals surface area contributed by atoms with E-state index in [0.29, 0.717) is 16.2 Å². The van der Waals surface area contributed by atoms with E-state index >= 15 is 0 Å². The van der Waals surface area contributed by atoms with E-state index in [2.05, 4.69) is 34.6 Å². The number of rotatable bonds is 3. The zero-order valence-corrected chi connectivity index (χ0v) is 13.3. The Morgan fingerprint density at radius 3 is 2.78 bits per heavy atom. The van der Waals surface area contributed by atoms with Crippen LogP contribution in [0.5, 0.6) is 0 Å². The van der Waals surface area contributed by atoms with Crippen molar-refractivity contribution in [1.29, 1.82) is 10.5 Å². The molecule has 3 rings (SSSR count). The zero-order chi connectivity index (χ0) is 16.4. The van der Waals surface area contributed by atoms with Crippen LogP contribution in [-0.2, 0) is 0 Å². The second-order valence-electron chi connectivity index (χ2n) is 5.33. The largest absolute Gasteiger partial charge is 0.343 e. The smallest absolute Gasteiger partial charge is 0.129 e. The summed E-state index contributed by atoms with van der Waals surface area (Å²) in [4.78, 5) is 0. The van der Waals surface area contributed by atoms with E-state index in [0.717, 1.165) is 35.5 Å². The third-order valence-electron chi connectivity index (χ3n) is 3.95. The van der Waals surface area contributed by atoms with Gasteiger partial charge in [-0.1, -0.05) is 37.1 Å². The second-order valence-corrected chi connectivity index (χ2v) is 5.71. The monoisotopic (exact) mass is 323 g/mol. The molecular weight excluding hydrogens is 310 g/mol. The van der Waals surface area contributed by atoms with Crippen LogP contribution in [0.25, 0.3) is 0 Å². The van der Waals surface area contributed by atoms with Crippen LogP contribution in [0.15, 0.2) is 35.7 Å². The van der Waals surface area contributed by atoms with Crippen molar-refractivity contribution >= 4 is 17.4 Å². The van der Waals surface area contributed by atoms with Crippen LogP contribution in [0, 0.1) is 22.7 Å². The molecule has 1 aromatic carbocycles. The maximum absolute atomic E-state index is 9.71. The lowest BCUT2D eigenvalue weighted by molar-refractivity contribution is 0.848. The second kappa shape index (κ2) is 6.16. The maximum atomic E-state index is 9.71. The van der Waals surface area contributed by atoms with Gasteiger partial charge in [-0.05, 0) is 18.1 Å². The molecule has 2 aromatic rings. The highest BCUT2D eigenvalue weighted by molar-refractivity contribution is 6.32. The van der Waals surface area contributed by atoms with Gasteiger partial charge in [-0.25, -0.2) is 0 Å². The number of fused-ring (bicyclic) bond motifs is 1. The first kappa shape index (κ1) is 15.1. The lowest BCUT2D eigenvalue weighted by atomic mass is 9.82. The predicted octanol–water partition coefficient (Wildman–Crippen LogP) is 4.07. The van der Waals surface area contributed by atoms with Gasteiger partial charge in [-0.2, -0.15) is 15.6 Å². The van der Waals surface area contributed by atoms with Gasteiger partial charge in [-0.15, -0.1) is 0 Å². The van der Waals surface area contributed by atoms with Crippen molar-refractivity contribution in [2.75, 3.05) is 5.32 Å². The van der Waals surface area contributed by atoms with Gasteiger partial charge in [0.25, 0.3) is 0 Å². The van der Waals surface area contributed by atoms with Crippen LogP contribution in [0.2, 0.25) is 5.02 Å².